The Bertz CT molecular complexity index is 1010. The molecule has 0 aliphatic heterocycles. The van der Waals surface area contributed by atoms with E-state index in [-0.39, 0.29) is 17.5 Å². The van der Waals surface area contributed by atoms with Crippen LogP contribution in [0.3, 0.4) is 0 Å². The molecule has 2 aromatic carbocycles. The zero-order valence-corrected chi connectivity index (χ0v) is 18.2. The second kappa shape index (κ2) is 10.2. The van der Waals surface area contributed by atoms with Crippen LogP contribution >= 0.6 is 11.8 Å². The zero-order valence-electron chi connectivity index (χ0n) is 17.3. The quantitative estimate of drug-likeness (QED) is 0.477. The Kier molecular flexibility index (Phi) is 7.46. The largest absolute Gasteiger partial charge is 0.496 e. The van der Waals surface area contributed by atoms with Gasteiger partial charge in [0.05, 0.1) is 18.4 Å². The number of benzene rings is 2. The molecule has 1 aromatic heterocycles. The number of ether oxygens (including phenoxy) is 1. The lowest BCUT2D eigenvalue weighted by molar-refractivity contribution is -0.128. The summed E-state index contributed by atoms with van der Waals surface area (Å²) in [6.07, 6.45) is 0. The summed E-state index contributed by atoms with van der Waals surface area (Å²) in [6, 6.07) is 14.0. The van der Waals surface area contributed by atoms with Crippen molar-refractivity contribution in [1.82, 2.24) is 19.7 Å². The number of rotatable bonds is 9. The van der Waals surface area contributed by atoms with Crippen molar-refractivity contribution in [3.63, 3.8) is 0 Å². The Balaban J connectivity index is 1.72. The van der Waals surface area contributed by atoms with Crippen LogP contribution in [-0.4, -0.2) is 45.0 Å². The third-order valence-corrected chi connectivity index (χ3v) is 5.65. The number of amides is 1. The van der Waals surface area contributed by atoms with Gasteiger partial charge in [-0.3, -0.25) is 4.79 Å². The standard InChI is InChI=1S/C22H25FN4O2S/c1-4-26(14-16-9-8-10-17(23)13-16)20(28)15-30-22-25-24-21(27(22)5-2)18-11-6-7-12-19(18)29-3/h6-13H,4-5,14-15H2,1-3H3. The fourth-order valence-electron chi connectivity index (χ4n) is 3.16. The maximum absolute atomic E-state index is 13.4. The maximum Gasteiger partial charge on any atom is 0.233 e. The van der Waals surface area contributed by atoms with E-state index in [1.165, 1.54) is 23.9 Å². The van der Waals surface area contributed by atoms with Crippen LogP contribution in [0, 0.1) is 5.82 Å². The van der Waals surface area contributed by atoms with Gasteiger partial charge in [-0.05, 0) is 43.7 Å². The van der Waals surface area contributed by atoms with Crippen LogP contribution < -0.4 is 4.74 Å². The molecule has 0 bridgehead atoms. The first-order chi connectivity index (χ1) is 14.6. The highest BCUT2D eigenvalue weighted by atomic mass is 32.2. The molecule has 3 aromatic rings. The summed E-state index contributed by atoms with van der Waals surface area (Å²) in [6.45, 7) is 5.51. The molecule has 0 spiro atoms. The van der Waals surface area contributed by atoms with Crippen LogP contribution in [0.2, 0.25) is 0 Å². The maximum atomic E-state index is 13.4. The number of methoxy groups -OCH3 is 1. The normalized spacial score (nSPS) is 10.8. The average Bonchev–Trinajstić information content (AvgIpc) is 3.18. The first kappa shape index (κ1) is 21.8. The Labute approximate surface area is 180 Å². The zero-order chi connectivity index (χ0) is 21.5. The van der Waals surface area contributed by atoms with E-state index in [1.54, 1.807) is 18.1 Å². The van der Waals surface area contributed by atoms with Crippen molar-refractivity contribution >= 4 is 17.7 Å². The SMILES string of the molecule is CCN(Cc1cccc(F)c1)C(=O)CSc1nnc(-c2ccccc2OC)n1CC. The van der Waals surface area contributed by atoms with E-state index >= 15 is 0 Å². The molecule has 0 fully saturated rings. The van der Waals surface area contributed by atoms with Crippen molar-refractivity contribution in [3.8, 4) is 17.1 Å². The average molecular weight is 429 g/mol. The van der Waals surface area contributed by atoms with Gasteiger partial charge in [0, 0.05) is 19.6 Å². The molecule has 1 amide bonds. The van der Waals surface area contributed by atoms with Crippen molar-refractivity contribution in [2.75, 3.05) is 19.4 Å². The number of hydrogen-bond donors (Lipinski definition) is 0. The molecule has 30 heavy (non-hydrogen) atoms. The fraction of sp³-hybridized carbons (Fsp3) is 0.318. The summed E-state index contributed by atoms with van der Waals surface area (Å²) < 4.78 is 20.9. The summed E-state index contributed by atoms with van der Waals surface area (Å²) in [5.74, 6) is 1.32. The summed E-state index contributed by atoms with van der Waals surface area (Å²) in [5.41, 5.74) is 1.62. The van der Waals surface area contributed by atoms with Gasteiger partial charge in [0.1, 0.15) is 11.6 Å². The molecule has 0 aliphatic carbocycles. The van der Waals surface area contributed by atoms with Crippen molar-refractivity contribution in [3.05, 3.63) is 59.9 Å². The van der Waals surface area contributed by atoms with E-state index in [1.807, 2.05) is 48.7 Å². The number of nitrogens with zero attached hydrogens (tertiary/aromatic N) is 4. The smallest absolute Gasteiger partial charge is 0.233 e. The Morgan fingerprint density at radius 1 is 1.17 bits per heavy atom. The van der Waals surface area contributed by atoms with E-state index in [0.717, 1.165) is 16.9 Å². The summed E-state index contributed by atoms with van der Waals surface area (Å²) >= 11 is 1.35. The minimum Gasteiger partial charge on any atom is -0.496 e. The van der Waals surface area contributed by atoms with Crippen LogP contribution in [0.25, 0.3) is 11.4 Å². The molecule has 0 aliphatic rings. The Morgan fingerprint density at radius 3 is 2.67 bits per heavy atom. The van der Waals surface area contributed by atoms with Crippen molar-refractivity contribution in [2.24, 2.45) is 0 Å². The Hall–Kier alpha value is -2.87. The number of carbonyl (C=O) groups excluding carboxylic acids is 1. The molecule has 0 radical (unpaired) electrons. The predicted molar refractivity (Wildman–Crippen MR) is 116 cm³/mol. The third-order valence-electron chi connectivity index (χ3n) is 4.70. The monoisotopic (exact) mass is 428 g/mol. The number of hydrogen-bond acceptors (Lipinski definition) is 5. The molecular formula is C22H25FN4O2S. The van der Waals surface area contributed by atoms with Crippen LogP contribution in [0.5, 0.6) is 5.75 Å². The number of aromatic nitrogens is 3. The van der Waals surface area contributed by atoms with Crippen molar-refractivity contribution in [1.29, 1.82) is 0 Å². The second-order valence-corrected chi connectivity index (χ2v) is 7.52. The first-order valence-corrected chi connectivity index (χ1v) is 10.8. The highest BCUT2D eigenvalue weighted by Crippen LogP contribution is 2.30. The molecule has 3 rings (SSSR count). The van der Waals surface area contributed by atoms with Gasteiger partial charge in [0.2, 0.25) is 5.91 Å². The minimum absolute atomic E-state index is 0.0312. The van der Waals surface area contributed by atoms with Crippen LogP contribution in [0.1, 0.15) is 19.4 Å². The molecule has 0 unspecified atom stereocenters. The Morgan fingerprint density at radius 2 is 1.97 bits per heavy atom. The molecule has 0 N–H and O–H groups in total. The number of thioether (sulfide) groups is 1. The van der Waals surface area contributed by atoms with E-state index in [9.17, 15) is 9.18 Å². The lowest BCUT2D eigenvalue weighted by atomic mass is 10.2. The van der Waals surface area contributed by atoms with Gasteiger partial charge < -0.3 is 14.2 Å². The van der Waals surface area contributed by atoms with Gasteiger partial charge in [-0.15, -0.1) is 10.2 Å². The molecular weight excluding hydrogens is 403 g/mol. The molecule has 6 nitrogen and oxygen atoms in total. The van der Waals surface area contributed by atoms with Crippen LogP contribution in [-0.2, 0) is 17.9 Å². The first-order valence-electron chi connectivity index (χ1n) is 9.79. The van der Waals surface area contributed by atoms with Gasteiger partial charge in [-0.25, -0.2) is 4.39 Å². The third kappa shape index (κ3) is 4.99. The van der Waals surface area contributed by atoms with Crippen LogP contribution in [0.4, 0.5) is 4.39 Å². The predicted octanol–water partition coefficient (Wildman–Crippen LogP) is 4.25. The number of halogens is 1. The van der Waals surface area contributed by atoms with Gasteiger partial charge in [0.25, 0.3) is 0 Å². The summed E-state index contributed by atoms with van der Waals surface area (Å²) in [4.78, 5) is 14.5. The highest BCUT2D eigenvalue weighted by Gasteiger charge is 2.19. The van der Waals surface area contributed by atoms with Gasteiger partial charge in [-0.2, -0.15) is 0 Å². The lowest BCUT2D eigenvalue weighted by Crippen LogP contribution is -2.31. The highest BCUT2D eigenvalue weighted by molar-refractivity contribution is 7.99. The van der Waals surface area contributed by atoms with Gasteiger partial charge in [0.15, 0.2) is 11.0 Å². The van der Waals surface area contributed by atoms with Crippen molar-refractivity contribution in [2.45, 2.75) is 32.1 Å². The molecule has 0 saturated carbocycles. The van der Waals surface area contributed by atoms with E-state index in [0.29, 0.717) is 30.6 Å². The number of para-hydroxylation sites is 1. The lowest BCUT2D eigenvalue weighted by Gasteiger charge is -2.21. The van der Waals surface area contributed by atoms with E-state index < -0.39 is 0 Å². The molecule has 8 heteroatoms. The molecule has 0 atom stereocenters. The van der Waals surface area contributed by atoms with Gasteiger partial charge >= 0.3 is 0 Å². The minimum atomic E-state index is -0.301. The molecule has 0 saturated heterocycles. The number of carbonyl (C=O) groups is 1. The summed E-state index contributed by atoms with van der Waals surface area (Å²) in [7, 11) is 1.62. The molecule has 158 valence electrons. The second-order valence-electron chi connectivity index (χ2n) is 6.58. The van der Waals surface area contributed by atoms with Crippen molar-refractivity contribution < 1.29 is 13.9 Å². The summed E-state index contributed by atoms with van der Waals surface area (Å²) in [5, 5.41) is 9.30. The van der Waals surface area contributed by atoms with Gasteiger partial charge in [-0.1, -0.05) is 36.0 Å². The van der Waals surface area contributed by atoms with E-state index in [2.05, 4.69) is 10.2 Å². The fourth-order valence-corrected chi connectivity index (χ4v) is 4.06. The molecule has 1 heterocycles. The topological polar surface area (TPSA) is 60.3 Å². The van der Waals surface area contributed by atoms with E-state index in [4.69, 9.17) is 4.74 Å². The van der Waals surface area contributed by atoms with Crippen LogP contribution in [0.15, 0.2) is 53.7 Å².